The molecule has 0 atom stereocenters. The predicted molar refractivity (Wildman–Crippen MR) is 117 cm³/mol. The van der Waals surface area contributed by atoms with E-state index >= 15 is 0 Å². The molecule has 1 aromatic carbocycles. The van der Waals surface area contributed by atoms with E-state index in [-0.39, 0.29) is 16.8 Å². The smallest absolute Gasteiger partial charge is 0.254 e. The number of carbonyl (C=O) groups is 1. The minimum atomic E-state index is -3.59. The molecule has 0 unspecified atom stereocenters. The number of hydrogen-bond donors (Lipinski definition) is 1. The number of benzene rings is 1. The van der Waals surface area contributed by atoms with Crippen molar-refractivity contribution in [3.63, 3.8) is 0 Å². The summed E-state index contributed by atoms with van der Waals surface area (Å²) in [5.41, 5.74) is 1.65. The summed E-state index contributed by atoms with van der Waals surface area (Å²) in [5.74, 6) is -0.0479. The highest BCUT2D eigenvalue weighted by Crippen LogP contribution is 2.30. The predicted octanol–water partition coefficient (Wildman–Crippen LogP) is 4.14. The van der Waals surface area contributed by atoms with E-state index in [0.29, 0.717) is 25.1 Å². The van der Waals surface area contributed by atoms with Gasteiger partial charge in [0.25, 0.3) is 5.91 Å². The van der Waals surface area contributed by atoms with Gasteiger partial charge in [0.2, 0.25) is 10.0 Å². The van der Waals surface area contributed by atoms with Crippen molar-refractivity contribution < 1.29 is 13.2 Å². The Morgan fingerprint density at radius 1 is 1.10 bits per heavy atom. The Bertz CT molecular complexity index is 1040. The van der Waals surface area contributed by atoms with Gasteiger partial charge < -0.3 is 4.90 Å². The van der Waals surface area contributed by atoms with E-state index in [1.54, 1.807) is 34.8 Å². The Balaban J connectivity index is 1.41. The molecule has 29 heavy (non-hydrogen) atoms. The van der Waals surface area contributed by atoms with Crippen molar-refractivity contribution in [3.05, 3.63) is 74.6 Å². The molecule has 2 aromatic heterocycles. The topological polar surface area (TPSA) is 66.5 Å². The maximum Gasteiger partial charge on any atom is 0.254 e. The Kier molecular flexibility index (Phi) is 6.15. The third kappa shape index (κ3) is 5.14. The van der Waals surface area contributed by atoms with Crippen LogP contribution in [0.25, 0.3) is 0 Å². The largest absolute Gasteiger partial charge is 0.331 e. The summed E-state index contributed by atoms with van der Waals surface area (Å²) in [6, 6.07) is 12.5. The summed E-state index contributed by atoms with van der Waals surface area (Å²) in [5, 5.41) is 6.04. The van der Waals surface area contributed by atoms with E-state index in [9.17, 15) is 13.2 Å². The minimum absolute atomic E-state index is 0.0479. The number of nitrogens with one attached hydrogen (secondary N) is 1. The zero-order chi connectivity index (χ0) is 20.3. The molecule has 0 radical (unpaired) electrons. The highest BCUT2D eigenvalue weighted by Gasteiger charge is 2.33. The fraction of sp³-hybridized carbons (Fsp3) is 0.286. The summed E-state index contributed by atoms with van der Waals surface area (Å²) in [4.78, 5) is 16.2. The van der Waals surface area contributed by atoms with E-state index in [1.807, 2.05) is 33.9 Å². The number of thiophene rings is 2. The lowest BCUT2D eigenvalue weighted by molar-refractivity contribution is 0.0730. The van der Waals surface area contributed by atoms with Crippen molar-refractivity contribution in [1.82, 2.24) is 9.62 Å². The van der Waals surface area contributed by atoms with Crippen molar-refractivity contribution in [2.24, 2.45) is 0 Å². The Morgan fingerprint density at radius 3 is 2.52 bits per heavy atom. The monoisotopic (exact) mass is 446 g/mol. The van der Waals surface area contributed by atoms with Crippen molar-refractivity contribution in [3.8, 4) is 0 Å². The van der Waals surface area contributed by atoms with Gasteiger partial charge in [0, 0.05) is 29.6 Å². The maximum absolute atomic E-state index is 13.0. The lowest BCUT2D eigenvalue weighted by atomic mass is 10.2. The molecule has 1 N–H and O–H groups in total. The normalized spacial score (nSPS) is 14.1. The third-order valence-corrected chi connectivity index (χ3v) is 7.98. The van der Waals surface area contributed by atoms with Crippen molar-refractivity contribution >= 4 is 38.6 Å². The van der Waals surface area contributed by atoms with E-state index < -0.39 is 10.0 Å². The number of amides is 1. The average Bonchev–Trinajstić information content (AvgIpc) is 3.18. The van der Waals surface area contributed by atoms with Crippen LogP contribution in [0.5, 0.6) is 0 Å². The van der Waals surface area contributed by atoms with Gasteiger partial charge in [0.05, 0.1) is 4.90 Å². The minimum Gasteiger partial charge on any atom is -0.331 e. The van der Waals surface area contributed by atoms with Crippen LogP contribution in [0.3, 0.4) is 0 Å². The number of nitrogens with zero attached hydrogens (tertiary/aromatic N) is 1. The number of sulfonamides is 1. The van der Waals surface area contributed by atoms with Gasteiger partial charge in [-0.1, -0.05) is 6.07 Å². The molecule has 0 saturated heterocycles. The first kappa shape index (κ1) is 20.3. The van der Waals surface area contributed by atoms with E-state index in [4.69, 9.17) is 0 Å². The van der Waals surface area contributed by atoms with Crippen molar-refractivity contribution in [2.75, 3.05) is 6.54 Å². The first-order chi connectivity index (χ1) is 14.0. The SMILES string of the molecule is O=C(c1ccc(S(=O)(=O)NCCc2cccs2)cc1)N(Cc1ccsc1)C1CC1. The third-order valence-electron chi connectivity index (χ3n) is 4.84. The number of hydrogen-bond acceptors (Lipinski definition) is 5. The molecule has 3 aromatic rings. The van der Waals surface area contributed by atoms with Crippen LogP contribution in [0.2, 0.25) is 0 Å². The van der Waals surface area contributed by atoms with Crippen LogP contribution in [-0.4, -0.2) is 31.8 Å². The lowest BCUT2D eigenvalue weighted by Gasteiger charge is -2.22. The Morgan fingerprint density at radius 2 is 1.90 bits per heavy atom. The quantitative estimate of drug-likeness (QED) is 0.537. The maximum atomic E-state index is 13.0. The van der Waals surface area contributed by atoms with Crippen LogP contribution in [0.15, 0.2) is 63.5 Å². The second-order valence-electron chi connectivity index (χ2n) is 7.05. The van der Waals surface area contributed by atoms with Crippen molar-refractivity contribution in [1.29, 1.82) is 0 Å². The van der Waals surface area contributed by atoms with Crippen LogP contribution in [-0.2, 0) is 23.0 Å². The van der Waals surface area contributed by atoms with Gasteiger partial charge >= 0.3 is 0 Å². The van der Waals surface area contributed by atoms with Gasteiger partial charge in [-0.2, -0.15) is 11.3 Å². The molecule has 1 amide bonds. The second-order valence-corrected chi connectivity index (χ2v) is 10.6. The van der Waals surface area contributed by atoms with Gasteiger partial charge in [-0.25, -0.2) is 13.1 Å². The molecule has 1 aliphatic rings. The zero-order valence-electron chi connectivity index (χ0n) is 15.8. The van der Waals surface area contributed by atoms with Gasteiger partial charge in [0.1, 0.15) is 0 Å². The number of carbonyl (C=O) groups excluding carboxylic acids is 1. The second kappa shape index (κ2) is 8.79. The average molecular weight is 447 g/mol. The lowest BCUT2D eigenvalue weighted by Crippen LogP contribution is -2.32. The molecule has 0 spiro atoms. The van der Waals surface area contributed by atoms with Gasteiger partial charge in [-0.3, -0.25) is 4.79 Å². The molecule has 0 aliphatic heterocycles. The fourth-order valence-electron chi connectivity index (χ4n) is 3.12. The van der Waals surface area contributed by atoms with Crippen LogP contribution >= 0.6 is 22.7 Å². The molecule has 5 nitrogen and oxygen atoms in total. The van der Waals surface area contributed by atoms with Gasteiger partial charge in [-0.05, 0) is 77.4 Å². The standard InChI is InChI=1S/C21H22N2O3S3/c24-21(23(18-5-6-18)14-16-10-13-27-15-16)17-3-7-20(8-4-17)29(25,26)22-11-9-19-2-1-12-28-19/h1-4,7-8,10,12-13,15,18,22H,5-6,9,11,14H2. The molecular weight excluding hydrogens is 424 g/mol. The summed E-state index contributed by atoms with van der Waals surface area (Å²) in [6.07, 6.45) is 2.71. The summed E-state index contributed by atoms with van der Waals surface area (Å²) in [6.45, 7) is 0.941. The molecular formula is C21H22N2O3S3. The van der Waals surface area contributed by atoms with Crippen LogP contribution in [0.4, 0.5) is 0 Å². The highest BCUT2D eigenvalue weighted by molar-refractivity contribution is 7.89. The molecule has 0 bridgehead atoms. The molecule has 152 valence electrons. The van der Waals surface area contributed by atoms with Crippen LogP contribution in [0.1, 0.15) is 33.6 Å². The van der Waals surface area contributed by atoms with E-state index in [0.717, 1.165) is 23.3 Å². The molecule has 1 saturated carbocycles. The van der Waals surface area contributed by atoms with Crippen molar-refractivity contribution in [2.45, 2.75) is 36.7 Å². The molecule has 4 rings (SSSR count). The summed E-state index contributed by atoms with van der Waals surface area (Å²) >= 11 is 3.23. The first-order valence-electron chi connectivity index (χ1n) is 9.47. The molecule has 1 fully saturated rings. The summed E-state index contributed by atoms with van der Waals surface area (Å²) in [7, 11) is -3.59. The molecule has 8 heteroatoms. The highest BCUT2D eigenvalue weighted by atomic mass is 32.2. The molecule has 2 heterocycles. The zero-order valence-corrected chi connectivity index (χ0v) is 18.2. The first-order valence-corrected chi connectivity index (χ1v) is 12.8. The van der Waals surface area contributed by atoms with Gasteiger partial charge in [0.15, 0.2) is 0 Å². The fourth-order valence-corrected chi connectivity index (χ4v) is 5.52. The van der Waals surface area contributed by atoms with E-state index in [1.165, 1.54) is 12.1 Å². The molecule has 1 aliphatic carbocycles. The van der Waals surface area contributed by atoms with E-state index in [2.05, 4.69) is 10.1 Å². The Labute approximate surface area is 179 Å². The van der Waals surface area contributed by atoms with Crippen LogP contribution in [0, 0.1) is 0 Å². The Hall–Kier alpha value is -2.00. The number of rotatable bonds is 9. The van der Waals surface area contributed by atoms with Crippen LogP contribution < -0.4 is 4.72 Å². The summed E-state index contributed by atoms with van der Waals surface area (Å²) < 4.78 is 27.6. The van der Waals surface area contributed by atoms with Gasteiger partial charge in [-0.15, -0.1) is 11.3 Å².